The highest BCUT2D eigenvalue weighted by Gasteiger charge is 2.19. The van der Waals surface area contributed by atoms with Crippen LogP contribution in [0, 0.1) is 0 Å². The summed E-state index contributed by atoms with van der Waals surface area (Å²) in [6.07, 6.45) is 2.07. The lowest BCUT2D eigenvalue weighted by Crippen LogP contribution is -2.52. The predicted molar refractivity (Wildman–Crippen MR) is 101 cm³/mol. The normalized spacial score (nSPS) is 11.0. The zero-order valence-corrected chi connectivity index (χ0v) is 13.9. The maximum Gasteiger partial charge on any atom is 0.134 e. The van der Waals surface area contributed by atoms with Gasteiger partial charge in [0.2, 0.25) is 0 Å². The Morgan fingerprint density at radius 3 is 1.78 bits per heavy atom. The second-order valence-electron chi connectivity index (χ2n) is 5.72. The third kappa shape index (κ3) is 2.81. The van der Waals surface area contributed by atoms with E-state index >= 15 is 0 Å². The number of fused-ring (bicyclic) bond motifs is 1. The van der Waals surface area contributed by atoms with E-state index in [0.717, 1.165) is 5.52 Å². The lowest BCUT2D eigenvalue weighted by Gasteiger charge is -2.17. The molecule has 23 heavy (non-hydrogen) atoms. The van der Waals surface area contributed by atoms with Gasteiger partial charge >= 0.3 is 0 Å². The van der Waals surface area contributed by atoms with Gasteiger partial charge in [-0.25, -0.2) is 0 Å². The molecule has 0 amide bonds. The van der Waals surface area contributed by atoms with E-state index in [-0.39, 0.29) is 0 Å². The predicted octanol–water partition coefficient (Wildman–Crippen LogP) is 2.48. The number of para-hydroxylation sites is 1. The zero-order chi connectivity index (χ0) is 15.5. The maximum atomic E-state index is 4.69. The Morgan fingerprint density at radius 2 is 1.13 bits per heavy atom. The van der Waals surface area contributed by atoms with Crippen molar-refractivity contribution in [2.45, 2.75) is 0 Å². The van der Waals surface area contributed by atoms with Crippen molar-refractivity contribution in [3.8, 4) is 0 Å². The molecule has 4 aromatic rings. The highest BCUT2D eigenvalue weighted by atomic mass is 28.3. The molecule has 0 saturated carbocycles. The lowest BCUT2D eigenvalue weighted by molar-refractivity contribution is 1.43. The van der Waals surface area contributed by atoms with Crippen LogP contribution < -0.4 is 15.6 Å². The molecule has 2 heteroatoms. The Bertz CT molecular complexity index is 880. The fraction of sp³-hybridized carbons (Fsp3) is 0. The van der Waals surface area contributed by atoms with Crippen LogP contribution in [0.15, 0.2) is 97.2 Å². The fourth-order valence-corrected chi connectivity index (χ4v) is 6.05. The van der Waals surface area contributed by atoms with E-state index < -0.39 is 8.80 Å². The van der Waals surface area contributed by atoms with Crippen molar-refractivity contribution in [3.05, 3.63) is 97.2 Å². The van der Waals surface area contributed by atoms with E-state index in [1.54, 1.807) is 0 Å². The Kier molecular flexibility index (Phi) is 3.74. The molecule has 4 rings (SSSR count). The van der Waals surface area contributed by atoms with Crippen LogP contribution in [0.4, 0.5) is 0 Å². The smallest absolute Gasteiger partial charge is 0.134 e. The van der Waals surface area contributed by atoms with Gasteiger partial charge in [0, 0.05) is 11.6 Å². The van der Waals surface area contributed by atoms with Gasteiger partial charge < -0.3 is 0 Å². The average Bonchev–Trinajstić information content (AvgIpc) is 2.64. The van der Waals surface area contributed by atoms with Crippen LogP contribution in [0.1, 0.15) is 0 Å². The maximum absolute atomic E-state index is 4.69. The van der Waals surface area contributed by atoms with Crippen LogP contribution in [0.2, 0.25) is 0 Å². The molecule has 1 nitrogen and oxygen atoms in total. The summed E-state index contributed by atoms with van der Waals surface area (Å²) in [5, 5.41) is 5.43. The number of hydrogen-bond donors (Lipinski definition) is 0. The topological polar surface area (TPSA) is 12.9 Å². The van der Waals surface area contributed by atoms with Crippen molar-refractivity contribution in [3.63, 3.8) is 0 Å². The molecule has 110 valence electrons. The summed E-state index contributed by atoms with van der Waals surface area (Å²) in [6.45, 7) is 0. The number of aromatic nitrogens is 1. The van der Waals surface area contributed by atoms with Crippen molar-refractivity contribution in [1.82, 2.24) is 4.98 Å². The molecule has 0 aliphatic heterocycles. The second-order valence-corrected chi connectivity index (χ2v) is 8.58. The van der Waals surface area contributed by atoms with Gasteiger partial charge in [0.25, 0.3) is 0 Å². The SMILES string of the molecule is c1ccc([SiH](c2ccccc2)c2cnc3ccccc3c2)cc1. The molecule has 0 unspecified atom stereocenters. The van der Waals surface area contributed by atoms with Gasteiger partial charge in [-0.2, -0.15) is 0 Å². The first-order chi connectivity index (χ1) is 11.4. The summed E-state index contributed by atoms with van der Waals surface area (Å²) in [4.78, 5) is 4.69. The monoisotopic (exact) mass is 311 g/mol. The largest absolute Gasteiger partial charge is 0.256 e. The molecule has 0 radical (unpaired) electrons. The van der Waals surface area contributed by atoms with Crippen LogP contribution >= 0.6 is 0 Å². The van der Waals surface area contributed by atoms with Crippen molar-refractivity contribution < 1.29 is 0 Å². The fourth-order valence-electron chi connectivity index (χ4n) is 3.11. The van der Waals surface area contributed by atoms with Gasteiger partial charge in [-0.3, -0.25) is 4.98 Å². The Labute approximate surface area is 137 Å². The molecule has 0 saturated heterocycles. The molecule has 0 N–H and O–H groups in total. The van der Waals surface area contributed by atoms with Gasteiger partial charge in [-0.15, -0.1) is 0 Å². The van der Waals surface area contributed by atoms with E-state index in [1.165, 1.54) is 20.9 Å². The highest BCUT2D eigenvalue weighted by Crippen LogP contribution is 2.08. The van der Waals surface area contributed by atoms with Gasteiger partial charge in [0.05, 0.1) is 5.52 Å². The molecule has 1 aromatic heterocycles. The minimum atomic E-state index is -1.48. The molecule has 0 aliphatic carbocycles. The van der Waals surface area contributed by atoms with Crippen molar-refractivity contribution in [2.24, 2.45) is 0 Å². The molecule has 0 fully saturated rings. The van der Waals surface area contributed by atoms with Crippen LogP contribution in [0.25, 0.3) is 10.9 Å². The van der Waals surface area contributed by atoms with Crippen LogP contribution in [-0.4, -0.2) is 13.8 Å². The molecule has 0 aliphatic rings. The molecule has 0 atom stereocenters. The highest BCUT2D eigenvalue weighted by molar-refractivity contribution is 6.95. The first kappa shape index (κ1) is 13.9. The number of hydrogen-bond acceptors (Lipinski definition) is 1. The molecule has 3 aromatic carbocycles. The van der Waals surface area contributed by atoms with E-state index in [4.69, 9.17) is 0 Å². The van der Waals surface area contributed by atoms with Crippen molar-refractivity contribution in [1.29, 1.82) is 0 Å². The number of nitrogens with zero attached hydrogens (tertiary/aromatic N) is 1. The number of benzene rings is 3. The second kappa shape index (κ2) is 6.19. The lowest BCUT2D eigenvalue weighted by atomic mass is 10.2. The number of rotatable bonds is 3. The molecule has 0 bridgehead atoms. The van der Waals surface area contributed by atoms with Crippen LogP contribution in [0.5, 0.6) is 0 Å². The van der Waals surface area contributed by atoms with Crippen molar-refractivity contribution >= 4 is 35.3 Å². The first-order valence-corrected chi connectivity index (χ1v) is 9.59. The van der Waals surface area contributed by atoms with Gasteiger partial charge in [0.15, 0.2) is 0 Å². The Morgan fingerprint density at radius 1 is 0.565 bits per heavy atom. The summed E-state index contributed by atoms with van der Waals surface area (Å²) in [7, 11) is -1.48. The Hall–Kier alpha value is -2.71. The summed E-state index contributed by atoms with van der Waals surface area (Å²) in [6, 6.07) is 32.3. The van der Waals surface area contributed by atoms with Crippen LogP contribution in [-0.2, 0) is 0 Å². The minimum absolute atomic E-state index is 1.06. The van der Waals surface area contributed by atoms with E-state index in [2.05, 4.69) is 96.1 Å². The minimum Gasteiger partial charge on any atom is -0.256 e. The third-order valence-electron chi connectivity index (χ3n) is 4.21. The van der Waals surface area contributed by atoms with Gasteiger partial charge in [-0.1, -0.05) is 95.3 Å². The van der Waals surface area contributed by atoms with E-state index in [9.17, 15) is 0 Å². The molecule has 1 heterocycles. The number of pyridine rings is 1. The quantitative estimate of drug-likeness (QED) is 0.530. The standard InChI is InChI=1S/C21H17NSi/c1-3-10-18(11-4-1)23(19-12-5-2-6-13-19)20-15-17-9-7-8-14-21(17)22-16-20/h1-16,23H. The summed E-state index contributed by atoms with van der Waals surface area (Å²) in [5.41, 5.74) is 1.06. The summed E-state index contributed by atoms with van der Waals surface area (Å²) >= 11 is 0. The first-order valence-electron chi connectivity index (χ1n) is 7.86. The third-order valence-corrected chi connectivity index (χ3v) is 7.30. The molecule has 0 spiro atoms. The van der Waals surface area contributed by atoms with Crippen LogP contribution in [0.3, 0.4) is 0 Å². The van der Waals surface area contributed by atoms with Crippen molar-refractivity contribution in [2.75, 3.05) is 0 Å². The summed E-state index contributed by atoms with van der Waals surface area (Å²) < 4.78 is 0. The zero-order valence-electron chi connectivity index (χ0n) is 12.8. The molecular weight excluding hydrogens is 294 g/mol. The van der Waals surface area contributed by atoms with E-state index in [0.29, 0.717) is 0 Å². The van der Waals surface area contributed by atoms with Gasteiger partial charge in [-0.05, 0) is 11.3 Å². The van der Waals surface area contributed by atoms with E-state index in [1.807, 2.05) is 6.07 Å². The molecular formula is C21H17NSi. The Balaban J connectivity index is 1.90. The average molecular weight is 311 g/mol. The van der Waals surface area contributed by atoms with Gasteiger partial charge in [0.1, 0.15) is 8.80 Å². The summed E-state index contributed by atoms with van der Waals surface area (Å²) in [5.74, 6) is 0.